The number of anilines is 4. The second-order valence-electron chi connectivity index (χ2n) is 10.3. The zero-order chi connectivity index (χ0) is 30.3. The molecular weight excluding hydrogens is 557 g/mol. The summed E-state index contributed by atoms with van der Waals surface area (Å²) in [5, 5.41) is 18.3. The summed E-state index contributed by atoms with van der Waals surface area (Å²) in [6.45, 7) is 0. The van der Waals surface area contributed by atoms with E-state index >= 15 is 0 Å². The number of hydrogen-bond acceptors (Lipinski definition) is 5. The Hall–Kier alpha value is -5.75. The molecule has 0 saturated carbocycles. The molecule has 6 aromatic rings. The molecule has 0 unspecified atom stereocenters. The fourth-order valence-corrected chi connectivity index (χ4v) is 5.97. The van der Waals surface area contributed by atoms with Crippen LogP contribution in [0.25, 0.3) is 22.3 Å². The average molecular weight is 585 g/mol. The molecule has 0 fully saturated rings. The third-order valence-electron chi connectivity index (χ3n) is 7.45. The maximum Gasteiger partial charge on any atom is 0.0991 e. The minimum atomic E-state index is 0.648. The molecule has 44 heavy (non-hydrogen) atoms. The zero-order valence-corrected chi connectivity index (χ0v) is 24.7. The van der Waals surface area contributed by atoms with Crippen LogP contribution in [-0.4, -0.2) is 0 Å². The van der Waals surface area contributed by atoms with Crippen LogP contribution in [0.15, 0.2) is 150 Å². The van der Waals surface area contributed by atoms with Crippen LogP contribution in [0.3, 0.4) is 0 Å². The Balaban J connectivity index is 1.30. The molecule has 0 heterocycles. The third-order valence-corrected chi connectivity index (χ3v) is 8.61. The number of para-hydroxylation sites is 1. The largest absolute Gasteiger partial charge is 0.398 e. The van der Waals surface area contributed by atoms with E-state index in [1.807, 2.05) is 66.7 Å². The monoisotopic (exact) mass is 584 g/mol. The number of rotatable bonds is 8. The summed E-state index contributed by atoms with van der Waals surface area (Å²) >= 11 is 1.74. The highest BCUT2D eigenvalue weighted by atomic mass is 32.2. The first kappa shape index (κ1) is 28.4. The van der Waals surface area contributed by atoms with Crippen molar-refractivity contribution >= 4 is 34.5 Å². The van der Waals surface area contributed by atoms with Gasteiger partial charge in [-0.3, -0.25) is 0 Å². The minimum absolute atomic E-state index is 0.648. The fraction of sp³-hybridized carbons (Fsp3) is 0.0256. The highest BCUT2D eigenvalue weighted by molar-refractivity contribution is 7.98. The van der Waals surface area contributed by atoms with Crippen LogP contribution in [0.4, 0.5) is 22.7 Å². The maximum absolute atomic E-state index is 9.15. The van der Waals surface area contributed by atoms with Crippen molar-refractivity contribution in [3.8, 4) is 34.4 Å². The number of thioether (sulfide) groups is 1. The SMILES string of the molecule is N#Cc1ccc(-c2ccc(N(c3ccc(CSc4ccccc4N)cc3)c3ccc(-c4ccc(C#N)cc4)cc3)cc2)cc1. The number of benzene rings is 6. The average Bonchev–Trinajstić information content (AvgIpc) is 3.09. The summed E-state index contributed by atoms with van der Waals surface area (Å²) in [4.78, 5) is 3.33. The van der Waals surface area contributed by atoms with Crippen molar-refractivity contribution in [1.29, 1.82) is 10.5 Å². The number of nitrogens with two attached hydrogens (primary N) is 1. The molecule has 5 heteroatoms. The number of nitriles is 2. The molecule has 6 rings (SSSR count). The molecule has 0 aliphatic heterocycles. The van der Waals surface area contributed by atoms with Gasteiger partial charge in [0.1, 0.15) is 0 Å². The summed E-state index contributed by atoms with van der Waals surface area (Å²) in [6.07, 6.45) is 0. The van der Waals surface area contributed by atoms with Crippen molar-refractivity contribution in [3.05, 3.63) is 162 Å². The second-order valence-corrected chi connectivity index (χ2v) is 11.3. The van der Waals surface area contributed by atoms with Gasteiger partial charge < -0.3 is 10.6 Å². The maximum atomic E-state index is 9.15. The Morgan fingerprint density at radius 1 is 0.500 bits per heavy atom. The molecule has 0 bridgehead atoms. The van der Waals surface area contributed by atoms with Crippen LogP contribution in [0.1, 0.15) is 16.7 Å². The Morgan fingerprint density at radius 2 is 0.886 bits per heavy atom. The van der Waals surface area contributed by atoms with Crippen LogP contribution in [0.2, 0.25) is 0 Å². The Kier molecular flexibility index (Phi) is 8.41. The summed E-state index contributed by atoms with van der Waals surface area (Å²) in [5.74, 6) is 0.826. The summed E-state index contributed by atoms with van der Waals surface area (Å²) < 4.78 is 0. The highest BCUT2D eigenvalue weighted by Gasteiger charge is 2.14. The number of nitrogen functional groups attached to an aromatic ring is 1. The minimum Gasteiger partial charge on any atom is -0.398 e. The van der Waals surface area contributed by atoms with E-state index in [1.54, 1.807) is 11.8 Å². The lowest BCUT2D eigenvalue weighted by Crippen LogP contribution is -2.10. The van der Waals surface area contributed by atoms with Crippen LogP contribution in [-0.2, 0) is 5.75 Å². The highest BCUT2D eigenvalue weighted by Crippen LogP contribution is 2.37. The van der Waals surface area contributed by atoms with Crippen molar-refractivity contribution in [2.75, 3.05) is 10.6 Å². The van der Waals surface area contributed by atoms with Gasteiger partial charge in [-0.15, -0.1) is 11.8 Å². The Morgan fingerprint density at radius 3 is 1.30 bits per heavy atom. The van der Waals surface area contributed by atoms with E-state index in [2.05, 4.69) is 95.9 Å². The predicted octanol–water partition coefficient (Wildman–Crippen LogP) is 10.1. The van der Waals surface area contributed by atoms with Gasteiger partial charge in [0.25, 0.3) is 0 Å². The van der Waals surface area contributed by atoms with E-state index in [-0.39, 0.29) is 0 Å². The predicted molar refractivity (Wildman–Crippen MR) is 182 cm³/mol. The van der Waals surface area contributed by atoms with E-state index in [0.717, 1.165) is 55.7 Å². The molecule has 0 spiro atoms. The van der Waals surface area contributed by atoms with Crippen molar-refractivity contribution in [1.82, 2.24) is 0 Å². The van der Waals surface area contributed by atoms with Crippen LogP contribution < -0.4 is 10.6 Å². The molecule has 0 radical (unpaired) electrons. The molecule has 210 valence electrons. The molecule has 0 aliphatic rings. The van der Waals surface area contributed by atoms with Gasteiger partial charge in [-0.05, 0) is 101 Å². The van der Waals surface area contributed by atoms with Crippen molar-refractivity contribution < 1.29 is 0 Å². The van der Waals surface area contributed by atoms with Gasteiger partial charge in [-0.1, -0.05) is 72.8 Å². The molecule has 2 N–H and O–H groups in total. The van der Waals surface area contributed by atoms with Gasteiger partial charge in [0.15, 0.2) is 0 Å². The van der Waals surface area contributed by atoms with Gasteiger partial charge in [0.2, 0.25) is 0 Å². The van der Waals surface area contributed by atoms with Crippen molar-refractivity contribution in [2.45, 2.75) is 10.6 Å². The van der Waals surface area contributed by atoms with E-state index in [9.17, 15) is 0 Å². The molecule has 4 nitrogen and oxygen atoms in total. The summed E-state index contributed by atoms with van der Waals surface area (Å²) in [7, 11) is 0. The first-order valence-electron chi connectivity index (χ1n) is 14.2. The molecule has 0 aliphatic carbocycles. The third kappa shape index (κ3) is 6.35. The van der Waals surface area contributed by atoms with Gasteiger partial charge in [0.05, 0.1) is 23.3 Å². The molecule has 0 atom stereocenters. The van der Waals surface area contributed by atoms with Crippen LogP contribution in [0, 0.1) is 22.7 Å². The van der Waals surface area contributed by atoms with Crippen molar-refractivity contribution in [3.63, 3.8) is 0 Å². The van der Waals surface area contributed by atoms with E-state index in [0.29, 0.717) is 11.1 Å². The smallest absolute Gasteiger partial charge is 0.0991 e. The van der Waals surface area contributed by atoms with Gasteiger partial charge >= 0.3 is 0 Å². The Bertz CT molecular complexity index is 1850. The van der Waals surface area contributed by atoms with Gasteiger partial charge in [-0.25, -0.2) is 0 Å². The quantitative estimate of drug-likeness (QED) is 0.142. The van der Waals surface area contributed by atoms with E-state index in [4.69, 9.17) is 16.3 Å². The topological polar surface area (TPSA) is 76.8 Å². The lowest BCUT2D eigenvalue weighted by atomic mass is 10.0. The van der Waals surface area contributed by atoms with Crippen LogP contribution in [0.5, 0.6) is 0 Å². The molecule has 0 saturated heterocycles. The number of hydrogen-bond donors (Lipinski definition) is 1. The van der Waals surface area contributed by atoms with E-state index < -0.39 is 0 Å². The number of nitrogens with zero attached hydrogens (tertiary/aromatic N) is 3. The van der Waals surface area contributed by atoms with Gasteiger partial charge in [0, 0.05) is 33.4 Å². The first-order valence-corrected chi connectivity index (χ1v) is 15.2. The Labute approximate surface area is 262 Å². The van der Waals surface area contributed by atoms with Crippen LogP contribution >= 0.6 is 11.8 Å². The fourth-order valence-electron chi connectivity index (χ4n) is 5.04. The lowest BCUT2D eigenvalue weighted by molar-refractivity contribution is 1.27. The zero-order valence-electron chi connectivity index (χ0n) is 23.9. The molecule has 6 aromatic carbocycles. The molecule has 0 aromatic heterocycles. The van der Waals surface area contributed by atoms with Crippen molar-refractivity contribution in [2.24, 2.45) is 0 Å². The van der Waals surface area contributed by atoms with Gasteiger partial charge in [-0.2, -0.15) is 10.5 Å². The summed E-state index contributed by atoms with van der Waals surface area (Å²) in [5.41, 5.74) is 16.9. The lowest BCUT2D eigenvalue weighted by Gasteiger charge is -2.26. The standard InChI is InChI=1S/C39H28N4S/c40-25-28-5-11-31(12-6-28)33-15-21-36(22-16-33)43(37-23-17-34(18-24-37)32-13-7-29(26-41)8-14-32)35-19-9-30(10-20-35)27-44-39-4-2-1-3-38(39)42/h1-24H,27,42H2. The normalized spacial score (nSPS) is 10.5. The molecule has 0 amide bonds. The summed E-state index contributed by atoms with van der Waals surface area (Å²) in [6, 6.07) is 53.3. The second kappa shape index (κ2) is 13.0. The first-order chi connectivity index (χ1) is 21.6. The molecular formula is C39H28N4S. The van der Waals surface area contributed by atoms with E-state index in [1.165, 1.54) is 5.56 Å².